The van der Waals surface area contributed by atoms with E-state index in [9.17, 15) is 27.1 Å². The third-order valence-corrected chi connectivity index (χ3v) is 5.45. The lowest BCUT2D eigenvalue weighted by atomic mass is 9.86. The average molecular weight is 463 g/mol. The van der Waals surface area contributed by atoms with Gasteiger partial charge >= 0.3 is 6.18 Å². The predicted octanol–water partition coefficient (Wildman–Crippen LogP) is 4.59. The number of halogens is 5. The van der Waals surface area contributed by atoms with Crippen molar-refractivity contribution in [3.63, 3.8) is 0 Å². The molecule has 172 valence electrons. The van der Waals surface area contributed by atoms with E-state index >= 15 is 0 Å². The van der Waals surface area contributed by atoms with Crippen molar-refractivity contribution in [1.82, 2.24) is 24.5 Å². The summed E-state index contributed by atoms with van der Waals surface area (Å²) in [6, 6.07) is 8.05. The zero-order valence-corrected chi connectivity index (χ0v) is 17.2. The fourth-order valence-electron chi connectivity index (χ4n) is 3.63. The molecule has 0 aliphatic rings. The highest BCUT2D eigenvalue weighted by atomic mass is 19.4. The molecule has 6 nitrogen and oxygen atoms in total. The molecule has 0 radical (unpaired) electrons. The van der Waals surface area contributed by atoms with Gasteiger partial charge in [-0.2, -0.15) is 23.4 Å². The quantitative estimate of drug-likeness (QED) is 0.425. The van der Waals surface area contributed by atoms with E-state index in [1.807, 2.05) is 0 Å². The van der Waals surface area contributed by atoms with E-state index in [0.29, 0.717) is 6.07 Å². The number of aromatic nitrogens is 5. The highest BCUT2D eigenvalue weighted by Gasteiger charge is 2.41. The number of rotatable bonds is 6. The normalized spacial score (nSPS) is 14.8. The summed E-state index contributed by atoms with van der Waals surface area (Å²) in [6.45, 7) is 1.32. The Balaban J connectivity index is 1.73. The van der Waals surface area contributed by atoms with Gasteiger partial charge in [0.15, 0.2) is 0 Å². The van der Waals surface area contributed by atoms with Crippen LogP contribution in [0.15, 0.2) is 67.4 Å². The Hall–Kier alpha value is -3.60. The summed E-state index contributed by atoms with van der Waals surface area (Å²) in [5.41, 5.74) is -2.51. The van der Waals surface area contributed by atoms with E-state index in [4.69, 9.17) is 0 Å². The molecular weight excluding hydrogens is 445 g/mol. The first-order chi connectivity index (χ1) is 15.6. The van der Waals surface area contributed by atoms with Crippen LogP contribution in [0.5, 0.6) is 0 Å². The molecule has 2 heterocycles. The molecule has 0 spiro atoms. The van der Waals surface area contributed by atoms with Crippen LogP contribution in [0.1, 0.15) is 24.1 Å². The second-order valence-corrected chi connectivity index (χ2v) is 7.58. The Labute approximate surface area is 184 Å². The van der Waals surface area contributed by atoms with Crippen LogP contribution < -0.4 is 0 Å². The molecule has 4 rings (SSSR count). The monoisotopic (exact) mass is 463 g/mol. The van der Waals surface area contributed by atoms with Crippen LogP contribution in [0.2, 0.25) is 0 Å². The second-order valence-electron chi connectivity index (χ2n) is 7.58. The SMILES string of the molecule is C[C@@H](n1ccc(-c2cccc(C(F)(F)F)c2)n1)[C@](O)(Cn1cncn1)c1ccc(F)cc1F. The van der Waals surface area contributed by atoms with Crippen molar-refractivity contribution in [2.24, 2.45) is 0 Å². The lowest BCUT2D eigenvalue weighted by Crippen LogP contribution is -2.40. The van der Waals surface area contributed by atoms with Crippen molar-refractivity contribution in [1.29, 1.82) is 0 Å². The first-order valence-corrected chi connectivity index (χ1v) is 9.81. The van der Waals surface area contributed by atoms with Crippen LogP contribution in [-0.4, -0.2) is 29.7 Å². The molecule has 33 heavy (non-hydrogen) atoms. The smallest absolute Gasteiger partial charge is 0.381 e. The summed E-state index contributed by atoms with van der Waals surface area (Å²) in [5, 5.41) is 19.9. The zero-order chi connectivity index (χ0) is 23.8. The summed E-state index contributed by atoms with van der Waals surface area (Å²) < 4.78 is 70.0. The molecule has 0 aliphatic carbocycles. The fraction of sp³-hybridized carbons (Fsp3) is 0.227. The summed E-state index contributed by atoms with van der Waals surface area (Å²) in [6.07, 6.45) is -0.472. The molecule has 2 aromatic carbocycles. The summed E-state index contributed by atoms with van der Waals surface area (Å²) >= 11 is 0. The molecule has 0 saturated carbocycles. The largest absolute Gasteiger partial charge is 0.416 e. The van der Waals surface area contributed by atoms with Gasteiger partial charge in [0, 0.05) is 23.4 Å². The first kappa shape index (κ1) is 22.6. The van der Waals surface area contributed by atoms with Gasteiger partial charge in [0.25, 0.3) is 0 Å². The number of benzene rings is 2. The van der Waals surface area contributed by atoms with Crippen molar-refractivity contribution < 1.29 is 27.1 Å². The van der Waals surface area contributed by atoms with Gasteiger partial charge in [0.1, 0.15) is 29.9 Å². The molecule has 11 heteroatoms. The molecule has 2 aromatic heterocycles. The highest BCUT2D eigenvalue weighted by Crippen LogP contribution is 2.37. The number of hydrogen-bond donors (Lipinski definition) is 1. The standard InChI is InChI=1S/C22H18F5N5O/c1-14(32-8-7-20(30-32)15-3-2-4-16(9-15)22(25,26)27)21(33,11-31-13-28-12-29-31)18-6-5-17(23)10-19(18)24/h2-10,12-14,33H,11H2,1H3/t14-,21-/m1/s1. The van der Waals surface area contributed by atoms with Crippen LogP contribution >= 0.6 is 0 Å². The van der Waals surface area contributed by atoms with E-state index < -0.39 is 35.0 Å². The van der Waals surface area contributed by atoms with Crippen LogP contribution in [0, 0.1) is 11.6 Å². The minimum atomic E-state index is -4.51. The van der Waals surface area contributed by atoms with Crippen LogP contribution in [0.4, 0.5) is 22.0 Å². The Morgan fingerprint density at radius 2 is 1.85 bits per heavy atom. The summed E-state index contributed by atoms with van der Waals surface area (Å²) in [4.78, 5) is 3.81. The molecule has 0 unspecified atom stereocenters. The van der Waals surface area contributed by atoms with Crippen LogP contribution in [0.25, 0.3) is 11.3 Å². The lowest BCUT2D eigenvalue weighted by molar-refractivity contribution is -0.137. The summed E-state index contributed by atoms with van der Waals surface area (Å²) in [7, 11) is 0. The van der Waals surface area contributed by atoms with E-state index in [-0.39, 0.29) is 23.4 Å². The molecule has 0 aliphatic heterocycles. The van der Waals surface area contributed by atoms with Crippen molar-refractivity contribution in [2.75, 3.05) is 0 Å². The molecular formula is C22H18F5N5O. The van der Waals surface area contributed by atoms with Gasteiger partial charge in [0.05, 0.1) is 23.8 Å². The van der Waals surface area contributed by atoms with Crippen LogP contribution in [-0.2, 0) is 18.3 Å². The van der Waals surface area contributed by atoms with E-state index in [1.165, 1.54) is 46.4 Å². The summed E-state index contributed by atoms with van der Waals surface area (Å²) in [5.74, 6) is -1.77. The highest BCUT2D eigenvalue weighted by molar-refractivity contribution is 5.59. The van der Waals surface area contributed by atoms with E-state index in [2.05, 4.69) is 15.2 Å². The van der Waals surface area contributed by atoms with Gasteiger partial charge in [-0.3, -0.25) is 4.68 Å². The second kappa shape index (κ2) is 8.39. The van der Waals surface area contributed by atoms with Gasteiger partial charge in [0.2, 0.25) is 0 Å². The third kappa shape index (κ3) is 4.49. The Kier molecular flexibility index (Phi) is 5.75. The van der Waals surface area contributed by atoms with Crippen molar-refractivity contribution in [3.8, 4) is 11.3 Å². The third-order valence-electron chi connectivity index (χ3n) is 5.45. The van der Waals surface area contributed by atoms with Gasteiger partial charge < -0.3 is 5.11 Å². The minimum Gasteiger partial charge on any atom is -0.381 e. The molecule has 0 fully saturated rings. The molecule has 1 N–H and O–H groups in total. The number of nitrogens with zero attached hydrogens (tertiary/aromatic N) is 5. The topological polar surface area (TPSA) is 68.8 Å². The Morgan fingerprint density at radius 1 is 1.06 bits per heavy atom. The van der Waals surface area contributed by atoms with Crippen molar-refractivity contribution in [3.05, 3.63) is 90.1 Å². The van der Waals surface area contributed by atoms with Gasteiger partial charge in [-0.15, -0.1) is 0 Å². The lowest BCUT2D eigenvalue weighted by Gasteiger charge is -2.34. The molecule has 4 aromatic rings. The molecule has 0 amide bonds. The fourth-order valence-corrected chi connectivity index (χ4v) is 3.63. The molecule has 0 saturated heterocycles. The van der Waals surface area contributed by atoms with Gasteiger partial charge in [-0.25, -0.2) is 18.4 Å². The van der Waals surface area contributed by atoms with E-state index in [0.717, 1.165) is 24.3 Å². The van der Waals surface area contributed by atoms with Crippen molar-refractivity contribution >= 4 is 0 Å². The van der Waals surface area contributed by atoms with Gasteiger partial charge in [-0.05, 0) is 31.2 Å². The average Bonchev–Trinajstić information content (AvgIpc) is 3.44. The number of aliphatic hydroxyl groups is 1. The van der Waals surface area contributed by atoms with E-state index in [1.54, 1.807) is 6.92 Å². The molecule has 2 atom stereocenters. The number of hydrogen-bond acceptors (Lipinski definition) is 4. The minimum absolute atomic E-state index is 0.192. The Morgan fingerprint density at radius 3 is 2.52 bits per heavy atom. The van der Waals surface area contributed by atoms with Crippen LogP contribution in [0.3, 0.4) is 0 Å². The predicted molar refractivity (Wildman–Crippen MR) is 108 cm³/mol. The maximum atomic E-state index is 14.7. The maximum absolute atomic E-state index is 14.7. The maximum Gasteiger partial charge on any atom is 0.416 e. The zero-order valence-electron chi connectivity index (χ0n) is 17.2. The number of alkyl halides is 3. The van der Waals surface area contributed by atoms with Gasteiger partial charge in [-0.1, -0.05) is 18.2 Å². The van der Waals surface area contributed by atoms with Crippen molar-refractivity contribution in [2.45, 2.75) is 31.3 Å². The first-order valence-electron chi connectivity index (χ1n) is 9.81. The Bertz CT molecular complexity index is 1250. The molecule has 0 bridgehead atoms.